The summed E-state index contributed by atoms with van der Waals surface area (Å²) in [5.74, 6) is 0.156. The number of hydrogen-bond acceptors (Lipinski definition) is 5. The lowest BCUT2D eigenvalue weighted by Crippen LogP contribution is -1.99. The van der Waals surface area contributed by atoms with Crippen molar-refractivity contribution in [3.63, 3.8) is 0 Å². The molecule has 0 aliphatic rings. The SMILES string of the molecule is CNc1ncc(C#N)cc1[N+](=O)[O-]. The zero-order chi connectivity index (χ0) is 9.84. The molecule has 1 aromatic heterocycles. The lowest BCUT2D eigenvalue weighted by Gasteiger charge is -1.99. The molecule has 6 heteroatoms. The number of nitrogens with one attached hydrogen (secondary N) is 1. The Morgan fingerprint density at radius 3 is 2.92 bits per heavy atom. The van der Waals surface area contributed by atoms with Gasteiger partial charge in [-0.15, -0.1) is 0 Å². The molecule has 1 aromatic rings. The highest BCUT2D eigenvalue weighted by atomic mass is 16.6. The van der Waals surface area contributed by atoms with E-state index in [9.17, 15) is 10.1 Å². The molecule has 0 atom stereocenters. The minimum absolute atomic E-state index is 0.156. The first-order valence-electron chi connectivity index (χ1n) is 3.41. The average Bonchev–Trinajstić information content (AvgIpc) is 2.16. The molecule has 0 unspecified atom stereocenters. The van der Waals surface area contributed by atoms with Crippen molar-refractivity contribution in [1.82, 2.24) is 4.98 Å². The molecule has 0 bridgehead atoms. The van der Waals surface area contributed by atoms with Gasteiger partial charge in [0.1, 0.15) is 6.07 Å². The van der Waals surface area contributed by atoms with Gasteiger partial charge in [0.2, 0.25) is 5.82 Å². The quantitative estimate of drug-likeness (QED) is 0.536. The first kappa shape index (κ1) is 8.93. The lowest BCUT2D eigenvalue weighted by molar-refractivity contribution is -0.384. The molecule has 1 heterocycles. The molecule has 0 saturated heterocycles. The molecule has 0 aliphatic carbocycles. The van der Waals surface area contributed by atoms with E-state index in [-0.39, 0.29) is 17.1 Å². The van der Waals surface area contributed by atoms with E-state index in [2.05, 4.69) is 10.3 Å². The second kappa shape index (κ2) is 3.49. The zero-order valence-electron chi connectivity index (χ0n) is 6.81. The minimum Gasteiger partial charge on any atom is -0.367 e. The van der Waals surface area contributed by atoms with Crippen molar-refractivity contribution in [2.45, 2.75) is 0 Å². The summed E-state index contributed by atoms with van der Waals surface area (Å²) in [5, 5.41) is 21.5. The molecule has 0 fully saturated rings. The largest absolute Gasteiger partial charge is 0.367 e. The summed E-state index contributed by atoms with van der Waals surface area (Å²) in [6.45, 7) is 0. The summed E-state index contributed by atoms with van der Waals surface area (Å²) in [6, 6.07) is 2.96. The van der Waals surface area contributed by atoms with Crippen LogP contribution >= 0.6 is 0 Å². The Hall–Kier alpha value is -2.16. The minimum atomic E-state index is -0.584. The summed E-state index contributed by atoms with van der Waals surface area (Å²) in [5.41, 5.74) is -0.0211. The molecule has 6 nitrogen and oxygen atoms in total. The normalized spacial score (nSPS) is 8.92. The maximum Gasteiger partial charge on any atom is 0.312 e. The molecule has 0 aliphatic heterocycles. The van der Waals surface area contributed by atoms with Crippen LogP contribution in [0.5, 0.6) is 0 Å². The predicted molar refractivity (Wildman–Crippen MR) is 45.2 cm³/mol. The molecule has 13 heavy (non-hydrogen) atoms. The second-order valence-electron chi connectivity index (χ2n) is 2.21. The van der Waals surface area contributed by atoms with Gasteiger partial charge in [-0.1, -0.05) is 0 Å². The third-order valence-corrected chi connectivity index (χ3v) is 1.43. The Labute approximate surface area is 74.0 Å². The smallest absolute Gasteiger partial charge is 0.312 e. The van der Waals surface area contributed by atoms with E-state index in [1.54, 1.807) is 6.07 Å². The summed E-state index contributed by atoms with van der Waals surface area (Å²) in [6.07, 6.45) is 1.28. The number of aromatic nitrogens is 1. The van der Waals surface area contributed by atoms with Crippen LogP contribution in [0.1, 0.15) is 5.56 Å². The Morgan fingerprint density at radius 2 is 2.46 bits per heavy atom. The third-order valence-electron chi connectivity index (χ3n) is 1.43. The van der Waals surface area contributed by atoms with E-state index >= 15 is 0 Å². The lowest BCUT2D eigenvalue weighted by atomic mass is 10.3. The van der Waals surface area contributed by atoms with Gasteiger partial charge in [-0.05, 0) is 0 Å². The van der Waals surface area contributed by atoms with E-state index in [0.717, 1.165) is 0 Å². The fraction of sp³-hybridized carbons (Fsp3) is 0.143. The van der Waals surface area contributed by atoms with Crippen LogP contribution in [0.3, 0.4) is 0 Å². The Morgan fingerprint density at radius 1 is 1.77 bits per heavy atom. The van der Waals surface area contributed by atoms with Gasteiger partial charge in [0.25, 0.3) is 0 Å². The van der Waals surface area contributed by atoms with Gasteiger partial charge in [-0.25, -0.2) is 4.98 Å². The van der Waals surface area contributed by atoms with E-state index < -0.39 is 4.92 Å². The highest BCUT2D eigenvalue weighted by Crippen LogP contribution is 2.21. The van der Waals surface area contributed by atoms with E-state index in [1.165, 1.54) is 19.3 Å². The van der Waals surface area contributed by atoms with Gasteiger partial charge >= 0.3 is 5.69 Å². The van der Waals surface area contributed by atoms with Gasteiger partial charge in [0, 0.05) is 19.3 Å². The van der Waals surface area contributed by atoms with Crippen LogP contribution in [0.4, 0.5) is 11.5 Å². The standard InChI is InChI=1S/C7H6N4O2/c1-9-7-6(11(12)13)2-5(3-8)4-10-7/h2,4H,1H3,(H,9,10). The fourth-order valence-electron chi connectivity index (χ4n) is 0.846. The summed E-state index contributed by atoms with van der Waals surface area (Å²) >= 11 is 0. The summed E-state index contributed by atoms with van der Waals surface area (Å²) in [4.78, 5) is 13.6. The second-order valence-corrected chi connectivity index (χ2v) is 2.21. The van der Waals surface area contributed by atoms with E-state index in [4.69, 9.17) is 5.26 Å². The van der Waals surface area contributed by atoms with Gasteiger partial charge in [0.15, 0.2) is 0 Å². The van der Waals surface area contributed by atoms with E-state index in [1.807, 2.05) is 0 Å². The average molecular weight is 178 g/mol. The van der Waals surface area contributed by atoms with Gasteiger partial charge in [-0.3, -0.25) is 10.1 Å². The molecule has 0 amide bonds. The number of nitrogens with zero attached hydrogens (tertiary/aromatic N) is 3. The van der Waals surface area contributed by atoms with Gasteiger partial charge in [0.05, 0.1) is 10.5 Å². The van der Waals surface area contributed by atoms with Crippen molar-refractivity contribution in [2.24, 2.45) is 0 Å². The topological polar surface area (TPSA) is 91.8 Å². The molecule has 66 valence electrons. The predicted octanol–water partition coefficient (Wildman–Crippen LogP) is 0.903. The maximum atomic E-state index is 10.5. The Bertz CT molecular complexity index is 383. The molecular formula is C7H6N4O2. The van der Waals surface area contributed by atoms with Gasteiger partial charge < -0.3 is 5.32 Å². The molecule has 0 aromatic carbocycles. The molecule has 1 rings (SSSR count). The first-order chi connectivity index (χ1) is 6.19. The van der Waals surface area contributed by atoms with Crippen LogP contribution in [0.25, 0.3) is 0 Å². The van der Waals surface area contributed by atoms with Crippen molar-refractivity contribution in [2.75, 3.05) is 12.4 Å². The molecule has 0 radical (unpaired) electrons. The van der Waals surface area contributed by atoms with Crippen LogP contribution in [-0.4, -0.2) is 17.0 Å². The first-order valence-corrected chi connectivity index (χ1v) is 3.41. The number of pyridine rings is 1. The number of hydrogen-bond donors (Lipinski definition) is 1. The fourth-order valence-corrected chi connectivity index (χ4v) is 0.846. The highest BCUT2D eigenvalue weighted by Gasteiger charge is 2.14. The molecule has 0 saturated carbocycles. The van der Waals surface area contributed by atoms with Crippen LogP contribution in [0, 0.1) is 21.4 Å². The Kier molecular flexibility index (Phi) is 2.40. The third kappa shape index (κ3) is 1.70. The van der Waals surface area contributed by atoms with Crippen LogP contribution in [0.15, 0.2) is 12.3 Å². The zero-order valence-corrected chi connectivity index (χ0v) is 6.81. The molecule has 0 spiro atoms. The van der Waals surface area contributed by atoms with Crippen molar-refractivity contribution < 1.29 is 4.92 Å². The number of rotatable bonds is 2. The Balaban J connectivity index is 3.28. The molecule has 1 N–H and O–H groups in total. The summed E-state index contributed by atoms with van der Waals surface area (Å²) < 4.78 is 0. The number of anilines is 1. The number of nitriles is 1. The van der Waals surface area contributed by atoms with Crippen LogP contribution in [0.2, 0.25) is 0 Å². The van der Waals surface area contributed by atoms with Gasteiger partial charge in [-0.2, -0.15) is 5.26 Å². The number of nitro groups is 1. The highest BCUT2D eigenvalue weighted by molar-refractivity contribution is 5.57. The van der Waals surface area contributed by atoms with Crippen LogP contribution < -0.4 is 5.32 Å². The molecular weight excluding hydrogens is 172 g/mol. The van der Waals surface area contributed by atoms with Crippen LogP contribution in [-0.2, 0) is 0 Å². The van der Waals surface area contributed by atoms with E-state index in [0.29, 0.717) is 0 Å². The van der Waals surface area contributed by atoms with Crippen molar-refractivity contribution in [1.29, 1.82) is 5.26 Å². The van der Waals surface area contributed by atoms with Crippen molar-refractivity contribution >= 4 is 11.5 Å². The monoisotopic (exact) mass is 178 g/mol. The van der Waals surface area contributed by atoms with Crippen molar-refractivity contribution in [3.05, 3.63) is 27.9 Å². The van der Waals surface area contributed by atoms with Crippen molar-refractivity contribution in [3.8, 4) is 6.07 Å². The maximum absolute atomic E-state index is 10.5. The summed E-state index contributed by atoms with van der Waals surface area (Å²) in [7, 11) is 1.53.